The van der Waals surface area contributed by atoms with Gasteiger partial charge in [-0.1, -0.05) is 31.9 Å². The number of piperidine rings is 1. The quantitative estimate of drug-likeness (QED) is 0.373. The Balaban J connectivity index is 1.50. The third kappa shape index (κ3) is 5.17. The van der Waals surface area contributed by atoms with Crippen molar-refractivity contribution in [3.8, 4) is 6.07 Å². The maximum absolute atomic E-state index is 14.7. The molecule has 2 fully saturated rings. The minimum Gasteiger partial charge on any atom is -0.342 e. The van der Waals surface area contributed by atoms with E-state index in [0.717, 1.165) is 31.9 Å². The number of carbonyl (C=O) groups is 2. The fourth-order valence-corrected chi connectivity index (χ4v) is 6.43. The molecule has 1 aliphatic carbocycles. The van der Waals surface area contributed by atoms with Crippen LogP contribution < -0.4 is 0 Å². The predicted molar refractivity (Wildman–Crippen MR) is 140 cm³/mol. The highest BCUT2D eigenvalue weighted by Crippen LogP contribution is 2.44. The summed E-state index contributed by atoms with van der Waals surface area (Å²) in [4.78, 5) is 32.3. The Labute approximate surface area is 225 Å². The summed E-state index contributed by atoms with van der Waals surface area (Å²) in [5.41, 5.74) is 0.220. The lowest BCUT2D eigenvalue weighted by molar-refractivity contribution is -0.137. The molecule has 39 heavy (non-hydrogen) atoms. The van der Waals surface area contributed by atoms with Crippen molar-refractivity contribution in [3.63, 3.8) is 0 Å². The lowest BCUT2D eigenvalue weighted by Crippen LogP contribution is -2.44. The number of hydrogen-bond donors (Lipinski definition) is 0. The van der Waals surface area contributed by atoms with Crippen molar-refractivity contribution in [2.45, 2.75) is 57.5 Å². The fourth-order valence-electron chi connectivity index (χ4n) is 6.43. The van der Waals surface area contributed by atoms with Crippen LogP contribution >= 0.6 is 0 Å². The van der Waals surface area contributed by atoms with E-state index in [-0.39, 0.29) is 51.4 Å². The molecule has 1 saturated carbocycles. The van der Waals surface area contributed by atoms with Gasteiger partial charge in [-0.05, 0) is 54.4 Å². The van der Waals surface area contributed by atoms with Crippen LogP contribution in [0.15, 0.2) is 36.7 Å². The van der Waals surface area contributed by atoms with Gasteiger partial charge in [-0.3, -0.25) is 9.59 Å². The smallest absolute Gasteiger partial charge is 0.342 e. The number of halogens is 3. The Morgan fingerprint density at radius 2 is 1.92 bits per heavy atom. The summed E-state index contributed by atoms with van der Waals surface area (Å²) < 4.78 is 45.7. The number of amides is 1. The van der Waals surface area contributed by atoms with Gasteiger partial charge in [-0.15, -0.1) is 0 Å². The van der Waals surface area contributed by atoms with E-state index in [1.807, 2.05) is 17.9 Å². The average Bonchev–Trinajstić information content (AvgIpc) is 3.56. The summed E-state index contributed by atoms with van der Waals surface area (Å²) in [6.07, 6.45) is 2.23. The SMILES string of the molecule is C[C@H]1CN(C(=O)C2CCCC2)CC[C@H]1c1cn(C)c2ncc(CC(=O)c3cccc(C#N)c3)c(C(F)(F)F)c12. The highest BCUT2D eigenvalue weighted by Gasteiger charge is 2.41. The van der Waals surface area contributed by atoms with E-state index in [2.05, 4.69) is 4.98 Å². The van der Waals surface area contributed by atoms with E-state index in [0.29, 0.717) is 25.1 Å². The molecule has 0 spiro atoms. The second kappa shape index (κ2) is 10.5. The van der Waals surface area contributed by atoms with Crippen LogP contribution in [0.2, 0.25) is 0 Å². The molecule has 2 aromatic heterocycles. The Morgan fingerprint density at radius 3 is 2.59 bits per heavy atom. The molecule has 1 amide bonds. The van der Waals surface area contributed by atoms with Crippen LogP contribution in [-0.4, -0.2) is 39.2 Å². The molecule has 1 saturated heterocycles. The van der Waals surface area contributed by atoms with Gasteiger partial charge in [0.25, 0.3) is 0 Å². The highest BCUT2D eigenvalue weighted by molar-refractivity contribution is 5.99. The summed E-state index contributed by atoms with van der Waals surface area (Å²) >= 11 is 0. The molecule has 2 aliphatic rings. The molecule has 0 N–H and O–H groups in total. The molecule has 1 aliphatic heterocycles. The third-order valence-corrected chi connectivity index (χ3v) is 8.36. The number of nitriles is 1. The molecule has 1 aromatic carbocycles. The van der Waals surface area contributed by atoms with Gasteiger partial charge >= 0.3 is 6.18 Å². The summed E-state index contributed by atoms with van der Waals surface area (Å²) in [6, 6.07) is 7.91. The monoisotopic (exact) mass is 536 g/mol. The normalized spacial score (nSPS) is 20.4. The molecule has 204 valence electrons. The number of hydrogen-bond acceptors (Lipinski definition) is 4. The molecule has 3 heterocycles. The average molecular weight is 537 g/mol. The Hall–Kier alpha value is -3.67. The van der Waals surface area contributed by atoms with E-state index in [4.69, 9.17) is 5.26 Å². The first-order valence-corrected chi connectivity index (χ1v) is 13.4. The standard InChI is InChI=1S/C30H31F3N4O2/c1-18-16-37(29(39)20-7-3-4-8-20)11-10-23(18)24-17-36(2)28-26(24)27(30(31,32)33)22(15-35-28)13-25(38)21-9-5-6-19(12-21)14-34/h5-6,9,12,15,17-18,20,23H,3-4,7-8,10-11,13,16H2,1-2H3/t18-,23+/m0/s1. The van der Waals surface area contributed by atoms with E-state index in [1.165, 1.54) is 18.2 Å². The first-order chi connectivity index (χ1) is 18.6. The lowest BCUT2D eigenvalue weighted by atomic mass is 9.80. The topological polar surface area (TPSA) is 79.0 Å². The minimum absolute atomic E-state index is 0.0326. The molecule has 0 radical (unpaired) electrons. The van der Waals surface area contributed by atoms with Crippen LogP contribution in [0.5, 0.6) is 0 Å². The molecule has 2 atom stereocenters. The second-order valence-electron chi connectivity index (χ2n) is 11.0. The van der Waals surface area contributed by atoms with Crippen molar-refractivity contribution >= 4 is 22.7 Å². The molecule has 5 rings (SSSR count). The van der Waals surface area contributed by atoms with Crippen molar-refractivity contribution in [1.29, 1.82) is 5.26 Å². The van der Waals surface area contributed by atoms with Crippen molar-refractivity contribution in [2.24, 2.45) is 18.9 Å². The number of aromatic nitrogens is 2. The number of pyridine rings is 1. The van der Waals surface area contributed by atoms with Crippen LogP contribution in [0.4, 0.5) is 13.2 Å². The molecule has 0 unspecified atom stereocenters. The van der Waals surface area contributed by atoms with Crippen molar-refractivity contribution in [1.82, 2.24) is 14.5 Å². The van der Waals surface area contributed by atoms with Crippen molar-refractivity contribution < 1.29 is 22.8 Å². The Bertz CT molecular complexity index is 1460. The number of likely N-dealkylation sites (tertiary alicyclic amines) is 1. The number of alkyl halides is 3. The van der Waals surface area contributed by atoms with Gasteiger partial charge in [0.1, 0.15) is 5.65 Å². The number of rotatable bonds is 5. The number of carbonyl (C=O) groups excluding carboxylic acids is 2. The van der Waals surface area contributed by atoms with Crippen molar-refractivity contribution in [2.75, 3.05) is 13.1 Å². The molecule has 9 heteroatoms. The van der Waals surface area contributed by atoms with Crippen LogP contribution in [0.25, 0.3) is 11.0 Å². The summed E-state index contributed by atoms with van der Waals surface area (Å²) in [5, 5.41) is 9.17. The molecule has 3 aromatic rings. The minimum atomic E-state index is -4.70. The molecular formula is C30H31F3N4O2. The number of benzene rings is 1. The van der Waals surface area contributed by atoms with Crippen LogP contribution in [0.3, 0.4) is 0 Å². The zero-order valence-corrected chi connectivity index (χ0v) is 22.1. The van der Waals surface area contributed by atoms with Gasteiger partial charge in [0, 0.05) is 55.8 Å². The lowest BCUT2D eigenvalue weighted by Gasteiger charge is -2.38. The largest absolute Gasteiger partial charge is 0.417 e. The van der Waals surface area contributed by atoms with E-state index in [9.17, 15) is 22.8 Å². The zero-order valence-electron chi connectivity index (χ0n) is 22.1. The first kappa shape index (κ1) is 26.9. The first-order valence-electron chi connectivity index (χ1n) is 13.4. The van der Waals surface area contributed by atoms with Gasteiger partial charge < -0.3 is 9.47 Å². The van der Waals surface area contributed by atoms with Crippen molar-refractivity contribution in [3.05, 3.63) is 64.5 Å². The maximum atomic E-state index is 14.7. The summed E-state index contributed by atoms with van der Waals surface area (Å²) in [7, 11) is 1.68. The van der Waals surface area contributed by atoms with Gasteiger partial charge in [0.05, 0.1) is 17.2 Å². The van der Waals surface area contributed by atoms with Crippen LogP contribution in [0, 0.1) is 23.2 Å². The van der Waals surface area contributed by atoms with Gasteiger partial charge in [0.2, 0.25) is 5.91 Å². The van der Waals surface area contributed by atoms with Gasteiger partial charge in [0.15, 0.2) is 5.78 Å². The van der Waals surface area contributed by atoms with E-state index in [1.54, 1.807) is 23.9 Å². The number of aryl methyl sites for hydroxylation is 1. The summed E-state index contributed by atoms with van der Waals surface area (Å²) in [5.74, 6) is -0.475. The van der Waals surface area contributed by atoms with Gasteiger partial charge in [-0.2, -0.15) is 18.4 Å². The van der Waals surface area contributed by atoms with E-state index >= 15 is 0 Å². The summed E-state index contributed by atoms with van der Waals surface area (Å²) in [6.45, 7) is 3.02. The second-order valence-corrected chi connectivity index (χ2v) is 11.0. The Kier molecular flexibility index (Phi) is 7.23. The van der Waals surface area contributed by atoms with Crippen LogP contribution in [-0.2, 0) is 24.4 Å². The number of Topliss-reactive ketones (excluding diaryl/α,β-unsaturated/α-hetero) is 1. The highest BCUT2D eigenvalue weighted by atomic mass is 19.4. The zero-order chi connectivity index (χ0) is 27.9. The van der Waals surface area contributed by atoms with E-state index < -0.39 is 23.9 Å². The Morgan fingerprint density at radius 1 is 1.18 bits per heavy atom. The molecule has 6 nitrogen and oxygen atoms in total. The van der Waals surface area contributed by atoms with Gasteiger partial charge in [-0.25, -0.2) is 4.98 Å². The molecular weight excluding hydrogens is 505 g/mol. The predicted octanol–water partition coefficient (Wildman–Crippen LogP) is 6.03. The molecule has 0 bridgehead atoms. The third-order valence-electron chi connectivity index (χ3n) is 8.36. The maximum Gasteiger partial charge on any atom is 0.417 e. The number of fused-ring (bicyclic) bond motifs is 1. The fraction of sp³-hybridized carbons (Fsp3) is 0.467. The number of nitrogens with zero attached hydrogens (tertiary/aromatic N) is 4. The number of ketones is 1. The van der Waals surface area contributed by atoms with Crippen LogP contribution in [0.1, 0.15) is 77.6 Å².